The number of benzene rings is 2. The molecule has 22 heavy (non-hydrogen) atoms. The van der Waals surface area contributed by atoms with Gasteiger partial charge in [-0.25, -0.2) is 0 Å². The van der Waals surface area contributed by atoms with Gasteiger partial charge in [0.25, 0.3) is 0 Å². The number of rotatable bonds is 3. The Bertz CT molecular complexity index is 638. The minimum atomic E-state index is -1.45. The molecule has 1 heterocycles. The van der Waals surface area contributed by atoms with Gasteiger partial charge in [0, 0.05) is 5.39 Å². The van der Waals surface area contributed by atoms with Gasteiger partial charge in [-0.15, -0.1) is 0 Å². The fourth-order valence-electron chi connectivity index (χ4n) is 2.59. The molecule has 0 spiro atoms. The molecule has 6 heteroatoms. The zero-order valence-corrected chi connectivity index (χ0v) is 11.7. The molecule has 5 atom stereocenters. The van der Waals surface area contributed by atoms with Crippen molar-refractivity contribution in [1.29, 1.82) is 0 Å². The van der Waals surface area contributed by atoms with Gasteiger partial charge in [0.2, 0.25) is 6.29 Å². The lowest BCUT2D eigenvalue weighted by Crippen LogP contribution is -2.60. The van der Waals surface area contributed by atoms with E-state index in [9.17, 15) is 20.4 Å². The molecule has 2 aromatic carbocycles. The van der Waals surface area contributed by atoms with Crippen LogP contribution in [0.5, 0.6) is 5.75 Å². The zero-order valence-electron chi connectivity index (χ0n) is 11.7. The molecular weight excluding hydrogens is 288 g/mol. The van der Waals surface area contributed by atoms with Gasteiger partial charge >= 0.3 is 0 Å². The predicted octanol–water partition coefficient (Wildman–Crippen LogP) is 0.0185. The van der Waals surface area contributed by atoms with Crippen LogP contribution in [-0.2, 0) is 4.74 Å². The highest BCUT2D eigenvalue weighted by atomic mass is 16.7. The highest BCUT2D eigenvalue weighted by Crippen LogP contribution is 2.29. The van der Waals surface area contributed by atoms with Crippen LogP contribution in [0, 0.1) is 0 Å². The normalized spacial score (nSPS) is 32.1. The molecule has 2 aromatic rings. The summed E-state index contributed by atoms with van der Waals surface area (Å²) in [5.74, 6) is 0.488. The van der Waals surface area contributed by atoms with E-state index in [1.807, 2.05) is 36.4 Å². The Kier molecular flexibility index (Phi) is 4.28. The standard InChI is InChI=1S/C16H18O6/c17-8-12-13(18)14(19)15(20)16(22-12)21-11-7-3-5-9-4-1-2-6-10(9)11/h1-7,12-20H,8H2/t12-,13-,14+,15+,16-/m0/s1. The van der Waals surface area contributed by atoms with Gasteiger partial charge in [-0.1, -0.05) is 36.4 Å². The monoisotopic (exact) mass is 306 g/mol. The second-order valence-corrected chi connectivity index (χ2v) is 5.29. The summed E-state index contributed by atoms with van der Waals surface area (Å²) in [6.07, 6.45) is -6.44. The summed E-state index contributed by atoms with van der Waals surface area (Å²) in [7, 11) is 0. The van der Waals surface area contributed by atoms with Crippen LogP contribution in [0.25, 0.3) is 10.8 Å². The Morgan fingerprint density at radius 1 is 0.909 bits per heavy atom. The first kappa shape index (κ1) is 15.2. The Balaban J connectivity index is 1.87. The second-order valence-electron chi connectivity index (χ2n) is 5.29. The first-order chi connectivity index (χ1) is 10.6. The number of aliphatic hydroxyl groups is 4. The third-order valence-electron chi connectivity index (χ3n) is 3.84. The molecule has 0 aromatic heterocycles. The van der Waals surface area contributed by atoms with E-state index < -0.39 is 37.3 Å². The maximum atomic E-state index is 10.0. The Morgan fingerprint density at radius 2 is 1.64 bits per heavy atom. The summed E-state index contributed by atoms with van der Waals surface area (Å²) < 4.78 is 11.0. The van der Waals surface area contributed by atoms with Crippen LogP contribution >= 0.6 is 0 Å². The van der Waals surface area contributed by atoms with Crippen LogP contribution in [0.3, 0.4) is 0 Å². The number of fused-ring (bicyclic) bond motifs is 1. The van der Waals surface area contributed by atoms with Crippen molar-refractivity contribution in [3.05, 3.63) is 42.5 Å². The van der Waals surface area contributed by atoms with Crippen LogP contribution in [-0.4, -0.2) is 57.7 Å². The van der Waals surface area contributed by atoms with Crippen molar-refractivity contribution in [2.45, 2.75) is 30.7 Å². The molecule has 0 unspecified atom stereocenters. The molecule has 1 aliphatic rings. The zero-order chi connectivity index (χ0) is 15.7. The number of hydrogen-bond acceptors (Lipinski definition) is 6. The van der Waals surface area contributed by atoms with E-state index in [1.54, 1.807) is 6.07 Å². The first-order valence-corrected chi connectivity index (χ1v) is 7.07. The summed E-state index contributed by atoms with van der Waals surface area (Å²) in [4.78, 5) is 0. The van der Waals surface area contributed by atoms with E-state index in [2.05, 4.69) is 0 Å². The lowest BCUT2D eigenvalue weighted by Gasteiger charge is -2.39. The molecule has 0 bridgehead atoms. The topological polar surface area (TPSA) is 99.4 Å². The Labute approximate surface area is 127 Å². The average Bonchev–Trinajstić information content (AvgIpc) is 2.55. The second kappa shape index (κ2) is 6.20. The third kappa shape index (κ3) is 2.67. The molecule has 0 amide bonds. The van der Waals surface area contributed by atoms with E-state index in [-0.39, 0.29) is 0 Å². The van der Waals surface area contributed by atoms with Gasteiger partial charge in [-0.3, -0.25) is 0 Å². The smallest absolute Gasteiger partial charge is 0.229 e. The SMILES string of the molecule is OC[C@@H]1O[C@H](Oc2cccc3ccccc23)[C@H](O)[C@H](O)[C@H]1O. The summed E-state index contributed by atoms with van der Waals surface area (Å²) in [5.41, 5.74) is 0. The summed E-state index contributed by atoms with van der Waals surface area (Å²) in [6, 6.07) is 13.0. The van der Waals surface area contributed by atoms with Crippen molar-refractivity contribution in [3.63, 3.8) is 0 Å². The highest BCUT2D eigenvalue weighted by molar-refractivity contribution is 5.88. The minimum Gasteiger partial charge on any atom is -0.461 e. The molecule has 1 saturated heterocycles. The van der Waals surface area contributed by atoms with Crippen molar-refractivity contribution in [2.75, 3.05) is 6.61 Å². The number of hydrogen-bond donors (Lipinski definition) is 4. The van der Waals surface area contributed by atoms with Crippen molar-refractivity contribution in [1.82, 2.24) is 0 Å². The fraction of sp³-hybridized carbons (Fsp3) is 0.375. The molecular formula is C16H18O6. The fourth-order valence-corrected chi connectivity index (χ4v) is 2.59. The van der Waals surface area contributed by atoms with Gasteiger partial charge < -0.3 is 29.9 Å². The van der Waals surface area contributed by atoms with E-state index in [0.29, 0.717) is 5.75 Å². The molecule has 0 radical (unpaired) electrons. The summed E-state index contributed by atoms with van der Waals surface area (Å²) >= 11 is 0. The van der Waals surface area contributed by atoms with Crippen LogP contribution in [0.4, 0.5) is 0 Å². The van der Waals surface area contributed by atoms with E-state index >= 15 is 0 Å². The summed E-state index contributed by atoms with van der Waals surface area (Å²) in [5, 5.41) is 40.5. The van der Waals surface area contributed by atoms with Crippen molar-refractivity contribution >= 4 is 10.8 Å². The van der Waals surface area contributed by atoms with Crippen molar-refractivity contribution in [3.8, 4) is 5.75 Å². The van der Waals surface area contributed by atoms with E-state index in [1.165, 1.54) is 0 Å². The molecule has 6 nitrogen and oxygen atoms in total. The van der Waals surface area contributed by atoms with Crippen molar-refractivity contribution < 1.29 is 29.9 Å². The predicted molar refractivity (Wildman–Crippen MR) is 78.3 cm³/mol. The van der Waals surface area contributed by atoms with Crippen LogP contribution < -0.4 is 4.74 Å². The molecule has 118 valence electrons. The van der Waals surface area contributed by atoms with Crippen molar-refractivity contribution in [2.24, 2.45) is 0 Å². The van der Waals surface area contributed by atoms with E-state index in [4.69, 9.17) is 9.47 Å². The highest BCUT2D eigenvalue weighted by Gasteiger charge is 2.44. The number of ether oxygens (including phenoxy) is 2. The maximum absolute atomic E-state index is 10.0. The average molecular weight is 306 g/mol. The molecule has 4 N–H and O–H groups in total. The van der Waals surface area contributed by atoms with Crippen LogP contribution in [0.2, 0.25) is 0 Å². The maximum Gasteiger partial charge on any atom is 0.229 e. The molecule has 3 rings (SSSR count). The quantitative estimate of drug-likeness (QED) is 0.638. The molecule has 0 saturated carbocycles. The largest absolute Gasteiger partial charge is 0.461 e. The van der Waals surface area contributed by atoms with Gasteiger partial charge in [0.05, 0.1) is 6.61 Å². The van der Waals surface area contributed by atoms with E-state index in [0.717, 1.165) is 10.8 Å². The minimum absolute atomic E-state index is 0.486. The third-order valence-corrected chi connectivity index (χ3v) is 3.84. The Morgan fingerprint density at radius 3 is 2.41 bits per heavy atom. The van der Waals surface area contributed by atoms with Crippen LogP contribution in [0.1, 0.15) is 0 Å². The summed E-state index contributed by atoms with van der Waals surface area (Å²) in [6.45, 7) is -0.486. The van der Waals surface area contributed by atoms with Gasteiger partial charge in [-0.05, 0) is 11.5 Å². The lowest BCUT2D eigenvalue weighted by molar-refractivity contribution is -0.277. The lowest BCUT2D eigenvalue weighted by atomic mass is 9.99. The first-order valence-electron chi connectivity index (χ1n) is 7.07. The number of aliphatic hydroxyl groups excluding tert-OH is 4. The van der Waals surface area contributed by atoms with Crippen LogP contribution in [0.15, 0.2) is 42.5 Å². The van der Waals surface area contributed by atoms with Gasteiger partial charge in [-0.2, -0.15) is 0 Å². The van der Waals surface area contributed by atoms with Gasteiger partial charge in [0.15, 0.2) is 0 Å². The van der Waals surface area contributed by atoms with Gasteiger partial charge in [0.1, 0.15) is 30.2 Å². The molecule has 1 aliphatic heterocycles. The Hall–Kier alpha value is -1.70. The molecule has 1 fully saturated rings. The molecule has 0 aliphatic carbocycles.